The summed E-state index contributed by atoms with van der Waals surface area (Å²) in [7, 11) is 0. The number of imide groups is 1. The minimum absolute atomic E-state index is 0.00926. The maximum atomic E-state index is 12.1. The SMILES string of the molecule is CC(C)N1C(=O)[C@@H]2[C@@H](C1=O)[C@H]1C=C[C@H]2C1. The van der Waals surface area contributed by atoms with Crippen molar-refractivity contribution in [2.75, 3.05) is 0 Å². The fraction of sp³-hybridized carbons (Fsp3) is 0.667. The number of nitrogens with zero attached hydrogens (tertiary/aromatic N) is 1. The lowest BCUT2D eigenvalue weighted by molar-refractivity contribution is -0.142. The molecule has 2 amide bonds. The molecule has 1 saturated carbocycles. The molecule has 2 fully saturated rings. The summed E-state index contributed by atoms with van der Waals surface area (Å²) in [6.45, 7) is 3.82. The first-order valence-electron chi connectivity index (χ1n) is 5.66. The van der Waals surface area contributed by atoms with Crippen molar-refractivity contribution in [3.05, 3.63) is 12.2 Å². The molecule has 1 saturated heterocycles. The Morgan fingerprint density at radius 3 is 2.00 bits per heavy atom. The van der Waals surface area contributed by atoms with E-state index in [2.05, 4.69) is 12.2 Å². The highest BCUT2D eigenvalue weighted by atomic mass is 16.2. The first-order chi connectivity index (χ1) is 7.11. The van der Waals surface area contributed by atoms with Gasteiger partial charge >= 0.3 is 0 Å². The molecule has 0 unspecified atom stereocenters. The van der Waals surface area contributed by atoms with Gasteiger partial charge in [-0.05, 0) is 32.1 Å². The molecule has 0 aromatic carbocycles. The quantitative estimate of drug-likeness (QED) is 0.476. The maximum Gasteiger partial charge on any atom is 0.233 e. The lowest BCUT2D eigenvalue weighted by atomic mass is 9.85. The third-order valence-electron chi connectivity index (χ3n) is 4.02. The van der Waals surface area contributed by atoms with Gasteiger partial charge in [0.05, 0.1) is 11.8 Å². The van der Waals surface area contributed by atoms with E-state index >= 15 is 0 Å². The molecule has 2 bridgehead atoms. The minimum atomic E-state index is -0.0325. The Morgan fingerprint density at radius 1 is 1.13 bits per heavy atom. The second kappa shape index (κ2) is 2.71. The molecule has 3 nitrogen and oxygen atoms in total. The van der Waals surface area contributed by atoms with Gasteiger partial charge in [-0.1, -0.05) is 12.2 Å². The molecule has 1 aliphatic heterocycles. The van der Waals surface area contributed by atoms with Crippen LogP contribution in [0, 0.1) is 23.7 Å². The Hall–Kier alpha value is -1.12. The predicted octanol–water partition coefficient (Wildman–Crippen LogP) is 1.20. The smallest absolute Gasteiger partial charge is 0.233 e. The number of likely N-dealkylation sites (tertiary alicyclic amines) is 1. The van der Waals surface area contributed by atoms with Gasteiger partial charge in [0.2, 0.25) is 11.8 Å². The molecule has 0 spiro atoms. The summed E-state index contributed by atoms with van der Waals surface area (Å²) in [6.07, 6.45) is 5.26. The predicted molar refractivity (Wildman–Crippen MR) is 54.7 cm³/mol. The van der Waals surface area contributed by atoms with Crippen molar-refractivity contribution >= 4 is 11.8 Å². The summed E-state index contributed by atoms with van der Waals surface area (Å²) in [6, 6.07) is 0.00926. The van der Waals surface area contributed by atoms with Crippen LogP contribution in [0.3, 0.4) is 0 Å². The van der Waals surface area contributed by atoms with E-state index in [1.165, 1.54) is 4.90 Å². The summed E-state index contributed by atoms with van der Waals surface area (Å²) >= 11 is 0. The molecule has 15 heavy (non-hydrogen) atoms. The van der Waals surface area contributed by atoms with E-state index in [0.717, 1.165) is 6.42 Å². The molecule has 3 aliphatic rings. The second-order valence-electron chi connectivity index (χ2n) is 5.14. The van der Waals surface area contributed by atoms with E-state index in [0.29, 0.717) is 11.8 Å². The number of allylic oxidation sites excluding steroid dienone is 2. The van der Waals surface area contributed by atoms with Gasteiger partial charge in [0, 0.05) is 6.04 Å². The van der Waals surface area contributed by atoms with Gasteiger partial charge in [0.25, 0.3) is 0 Å². The molecule has 3 heteroatoms. The van der Waals surface area contributed by atoms with Gasteiger partial charge in [-0.2, -0.15) is 0 Å². The van der Waals surface area contributed by atoms with Crippen LogP contribution in [0.2, 0.25) is 0 Å². The van der Waals surface area contributed by atoms with Crippen LogP contribution in [0.4, 0.5) is 0 Å². The van der Waals surface area contributed by atoms with E-state index in [1.807, 2.05) is 13.8 Å². The average molecular weight is 205 g/mol. The van der Waals surface area contributed by atoms with E-state index in [1.54, 1.807) is 0 Å². The number of carbonyl (C=O) groups excluding carboxylic acids is 2. The Balaban J connectivity index is 2.00. The lowest BCUT2D eigenvalue weighted by Gasteiger charge is -2.20. The number of hydrogen-bond acceptors (Lipinski definition) is 2. The molecule has 80 valence electrons. The summed E-state index contributed by atoms with van der Waals surface area (Å²) < 4.78 is 0. The van der Waals surface area contributed by atoms with Crippen molar-refractivity contribution in [1.82, 2.24) is 4.90 Å². The van der Waals surface area contributed by atoms with E-state index in [-0.39, 0.29) is 29.7 Å². The van der Waals surface area contributed by atoms with Crippen molar-refractivity contribution in [3.8, 4) is 0 Å². The van der Waals surface area contributed by atoms with Gasteiger partial charge in [-0.15, -0.1) is 0 Å². The van der Waals surface area contributed by atoms with Gasteiger partial charge in [-0.3, -0.25) is 14.5 Å². The zero-order chi connectivity index (χ0) is 10.7. The molecular weight excluding hydrogens is 190 g/mol. The highest BCUT2D eigenvalue weighted by Gasteiger charge is 2.59. The molecule has 1 heterocycles. The number of carbonyl (C=O) groups is 2. The molecule has 0 radical (unpaired) electrons. The molecule has 3 rings (SSSR count). The maximum absolute atomic E-state index is 12.1. The lowest BCUT2D eigenvalue weighted by Crippen LogP contribution is -2.38. The van der Waals surface area contributed by atoms with Gasteiger partial charge in [-0.25, -0.2) is 0 Å². The normalized spacial score (nSPS) is 42.2. The first kappa shape index (κ1) is 9.13. The second-order valence-corrected chi connectivity index (χ2v) is 5.14. The van der Waals surface area contributed by atoms with Gasteiger partial charge in [0.1, 0.15) is 0 Å². The largest absolute Gasteiger partial charge is 0.280 e. The number of fused-ring (bicyclic) bond motifs is 5. The van der Waals surface area contributed by atoms with Crippen molar-refractivity contribution in [1.29, 1.82) is 0 Å². The van der Waals surface area contributed by atoms with Crippen molar-refractivity contribution in [2.45, 2.75) is 26.3 Å². The zero-order valence-electron chi connectivity index (χ0n) is 9.01. The van der Waals surface area contributed by atoms with Crippen molar-refractivity contribution in [2.24, 2.45) is 23.7 Å². The third kappa shape index (κ3) is 0.959. The summed E-state index contributed by atoms with van der Waals surface area (Å²) in [5.74, 6) is 0.735. The average Bonchev–Trinajstić information content (AvgIpc) is 2.79. The van der Waals surface area contributed by atoms with Crippen molar-refractivity contribution in [3.63, 3.8) is 0 Å². The van der Waals surface area contributed by atoms with Crippen LogP contribution >= 0.6 is 0 Å². The number of amides is 2. The molecule has 2 aliphatic carbocycles. The van der Waals surface area contributed by atoms with E-state index < -0.39 is 0 Å². The van der Waals surface area contributed by atoms with E-state index in [9.17, 15) is 9.59 Å². The standard InChI is InChI=1S/C12H15NO2/c1-6(2)13-11(14)9-7-3-4-8(5-7)10(9)12(13)15/h3-4,6-10H,5H2,1-2H3/t7-,8-,9-,10-/m0/s1. The van der Waals surface area contributed by atoms with Gasteiger partial charge in [0.15, 0.2) is 0 Å². The molecule has 0 N–H and O–H groups in total. The fourth-order valence-electron chi connectivity index (χ4n) is 3.43. The van der Waals surface area contributed by atoms with Crippen LogP contribution in [0.5, 0.6) is 0 Å². The highest BCUT2D eigenvalue weighted by molar-refractivity contribution is 6.06. The summed E-state index contributed by atoms with van der Waals surface area (Å²) in [5, 5.41) is 0. The Morgan fingerprint density at radius 2 is 1.60 bits per heavy atom. The Kier molecular flexibility index (Phi) is 1.65. The van der Waals surface area contributed by atoms with Gasteiger partial charge < -0.3 is 0 Å². The zero-order valence-corrected chi connectivity index (χ0v) is 9.01. The third-order valence-corrected chi connectivity index (χ3v) is 4.02. The Labute approximate surface area is 89.1 Å². The molecular formula is C12H15NO2. The fourth-order valence-corrected chi connectivity index (χ4v) is 3.43. The minimum Gasteiger partial charge on any atom is -0.280 e. The number of hydrogen-bond donors (Lipinski definition) is 0. The summed E-state index contributed by atoms with van der Waals surface area (Å²) in [5.41, 5.74) is 0. The topological polar surface area (TPSA) is 37.4 Å². The molecule has 0 aromatic heterocycles. The van der Waals surface area contributed by atoms with Crippen molar-refractivity contribution < 1.29 is 9.59 Å². The number of rotatable bonds is 1. The van der Waals surface area contributed by atoms with E-state index in [4.69, 9.17) is 0 Å². The Bertz CT molecular complexity index is 342. The van der Waals surface area contributed by atoms with Crippen LogP contribution in [-0.2, 0) is 9.59 Å². The van der Waals surface area contributed by atoms with Crippen LogP contribution in [-0.4, -0.2) is 22.8 Å². The van der Waals surface area contributed by atoms with Crippen LogP contribution in [0.15, 0.2) is 12.2 Å². The van der Waals surface area contributed by atoms with Crippen LogP contribution in [0.25, 0.3) is 0 Å². The summed E-state index contributed by atoms with van der Waals surface area (Å²) in [4.78, 5) is 25.7. The van der Waals surface area contributed by atoms with Crippen LogP contribution < -0.4 is 0 Å². The molecule has 4 atom stereocenters. The van der Waals surface area contributed by atoms with Crippen LogP contribution in [0.1, 0.15) is 20.3 Å². The molecule has 0 aromatic rings. The highest BCUT2D eigenvalue weighted by Crippen LogP contribution is 2.52. The first-order valence-corrected chi connectivity index (χ1v) is 5.66. The monoisotopic (exact) mass is 205 g/mol.